The van der Waals surface area contributed by atoms with Crippen LogP contribution in [0.15, 0.2) is 30.3 Å². The van der Waals surface area contributed by atoms with Crippen LogP contribution in [0.1, 0.15) is 5.56 Å². The van der Waals surface area contributed by atoms with Crippen LogP contribution in [-0.4, -0.2) is 29.1 Å². The maximum Gasteiger partial charge on any atom is 0.325 e. The van der Waals surface area contributed by atoms with Gasteiger partial charge in [-0.1, -0.05) is 18.2 Å². The Hall–Kier alpha value is -2.83. The number of nitro benzene ring substituents is 1. The summed E-state index contributed by atoms with van der Waals surface area (Å²) in [6.45, 7) is -0.389. The van der Waals surface area contributed by atoms with Crippen molar-refractivity contribution in [3.63, 3.8) is 0 Å². The van der Waals surface area contributed by atoms with Crippen molar-refractivity contribution in [2.24, 2.45) is 5.92 Å². The van der Waals surface area contributed by atoms with E-state index < -0.39 is 28.4 Å². The van der Waals surface area contributed by atoms with Gasteiger partial charge in [0.25, 0.3) is 5.69 Å². The predicted molar refractivity (Wildman–Crippen MR) is 66.6 cm³/mol. The number of hydrogen-bond acceptors (Lipinski definition) is 6. The number of nitro groups is 1. The molecule has 0 spiro atoms. The monoisotopic (exact) mass is 275 g/mol. The van der Waals surface area contributed by atoms with Gasteiger partial charge in [-0.15, -0.1) is 0 Å². The fourth-order valence-corrected chi connectivity index (χ4v) is 1.73. The molecule has 1 unspecified atom stereocenters. The molecule has 7 heteroatoms. The average molecular weight is 275 g/mol. The van der Waals surface area contributed by atoms with Gasteiger partial charge in [-0.3, -0.25) is 24.5 Å². The third-order valence-electron chi connectivity index (χ3n) is 2.72. The molecule has 1 aromatic rings. The molecule has 1 fully saturated rings. The van der Waals surface area contributed by atoms with Crippen molar-refractivity contribution >= 4 is 29.3 Å². The summed E-state index contributed by atoms with van der Waals surface area (Å²) in [4.78, 5) is 44.2. The lowest BCUT2D eigenvalue weighted by Crippen LogP contribution is -2.23. The van der Waals surface area contributed by atoms with Crippen LogP contribution in [-0.2, 0) is 19.1 Å². The first-order valence-electron chi connectivity index (χ1n) is 5.65. The van der Waals surface area contributed by atoms with Crippen molar-refractivity contribution in [3.05, 3.63) is 46.0 Å². The molecule has 0 radical (unpaired) electrons. The highest BCUT2D eigenvalue weighted by Gasteiger charge is 2.39. The molecular weight excluding hydrogens is 266 g/mol. The lowest BCUT2D eigenvalue weighted by Gasteiger charge is -1.98. The largest absolute Gasteiger partial charge is 0.457 e. The Kier molecular flexibility index (Phi) is 3.69. The highest BCUT2D eigenvalue weighted by Crippen LogP contribution is 2.16. The number of cyclic esters (lactones) is 1. The minimum absolute atomic E-state index is 0.115. The molecule has 1 aliphatic rings. The van der Waals surface area contributed by atoms with E-state index >= 15 is 0 Å². The van der Waals surface area contributed by atoms with Crippen molar-refractivity contribution in [1.29, 1.82) is 0 Å². The molecule has 0 saturated carbocycles. The van der Waals surface area contributed by atoms with Crippen LogP contribution in [0.4, 0.5) is 5.69 Å². The number of non-ortho nitro benzene ring substituents is 1. The summed E-state index contributed by atoms with van der Waals surface area (Å²) in [5, 5.41) is 10.6. The van der Waals surface area contributed by atoms with Crippen molar-refractivity contribution in [2.45, 2.75) is 0 Å². The van der Waals surface area contributed by atoms with Gasteiger partial charge in [-0.2, -0.15) is 0 Å². The smallest absolute Gasteiger partial charge is 0.325 e. The molecule has 1 saturated heterocycles. The molecule has 0 amide bonds. The van der Waals surface area contributed by atoms with Crippen LogP contribution in [0, 0.1) is 16.0 Å². The van der Waals surface area contributed by atoms with Gasteiger partial charge >= 0.3 is 5.97 Å². The Bertz CT molecular complexity index is 618. The third kappa shape index (κ3) is 2.77. The van der Waals surface area contributed by atoms with E-state index in [0.717, 1.165) is 6.08 Å². The molecule has 1 heterocycles. The van der Waals surface area contributed by atoms with Gasteiger partial charge in [0, 0.05) is 12.1 Å². The zero-order valence-corrected chi connectivity index (χ0v) is 10.1. The molecule has 1 atom stereocenters. The first kappa shape index (κ1) is 13.6. The fourth-order valence-electron chi connectivity index (χ4n) is 1.73. The minimum atomic E-state index is -1.41. The maximum absolute atomic E-state index is 11.7. The maximum atomic E-state index is 11.7. The molecule has 20 heavy (non-hydrogen) atoms. The normalized spacial score (nSPS) is 18.3. The number of allylic oxidation sites excluding steroid dienone is 1. The summed E-state index contributed by atoms with van der Waals surface area (Å²) < 4.78 is 4.47. The van der Waals surface area contributed by atoms with Crippen molar-refractivity contribution in [2.75, 3.05) is 6.61 Å². The van der Waals surface area contributed by atoms with Gasteiger partial charge in [0.2, 0.25) is 0 Å². The summed E-state index contributed by atoms with van der Waals surface area (Å²) >= 11 is 0. The summed E-state index contributed by atoms with van der Waals surface area (Å²) in [7, 11) is 0. The molecule has 0 aliphatic carbocycles. The second kappa shape index (κ2) is 5.43. The highest BCUT2D eigenvalue weighted by molar-refractivity contribution is 6.24. The number of carbonyl (C=O) groups is 3. The molecule has 102 valence electrons. The van der Waals surface area contributed by atoms with E-state index in [9.17, 15) is 24.5 Å². The Morgan fingerprint density at radius 2 is 2.15 bits per heavy atom. The standard InChI is InChI=1S/C13H9NO6/c15-10(12-11(16)7-20-13(12)17)5-4-8-2-1-3-9(6-8)14(18)19/h1-6,12H,7H2. The number of benzene rings is 1. The lowest BCUT2D eigenvalue weighted by molar-refractivity contribution is -0.384. The topological polar surface area (TPSA) is 104 Å². The first-order valence-corrected chi connectivity index (χ1v) is 5.65. The van der Waals surface area contributed by atoms with Gasteiger partial charge in [0.15, 0.2) is 24.1 Å². The summed E-state index contributed by atoms with van der Waals surface area (Å²) in [6, 6.07) is 5.62. The number of nitrogens with zero attached hydrogens (tertiary/aromatic N) is 1. The number of Topliss-reactive ketones (excluding diaryl/α,β-unsaturated/α-hetero) is 1. The molecular formula is C13H9NO6. The Morgan fingerprint density at radius 3 is 2.75 bits per heavy atom. The van der Waals surface area contributed by atoms with E-state index in [0.29, 0.717) is 5.56 Å². The number of hydrogen-bond donors (Lipinski definition) is 0. The van der Waals surface area contributed by atoms with Gasteiger partial charge in [-0.25, -0.2) is 0 Å². The van der Waals surface area contributed by atoms with E-state index in [1.807, 2.05) is 0 Å². The van der Waals surface area contributed by atoms with Crippen molar-refractivity contribution < 1.29 is 24.0 Å². The zero-order valence-electron chi connectivity index (χ0n) is 10.1. The zero-order chi connectivity index (χ0) is 14.7. The Morgan fingerprint density at radius 1 is 1.40 bits per heavy atom. The van der Waals surface area contributed by atoms with Gasteiger partial charge in [0.05, 0.1) is 4.92 Å². The van der Waals surface area contributed by atoms with Crippen LogP contribution in [0.25, 0.3) is 6.08 Å². The lowest BCUT2D eigenvalue weighted by atomic mass is 10.0. The SMILES string of the molecule is O=C(C=Cc1cccc([N+](=O)[O-])c1)C1C(=O)COC1=O. The molecule has 2 rings (SSSR count). The highest BCUT2D eigenvalue weighted by atomic mass is 16.6. The number of ketones is 2. The fraction of sp³-hybridized carbons (Fsp3) is 0.154. The van der Waals surface area contributed by atoms with E-state index in [1.54, 1.807) is 6.07 Å². The minimum Gasteiger partial charge on any atom is -0.457 e. The van der Waals surface area contributed by atoms with Gasteiger partial charge in [0.1, 0.15) is 0 Å². The number of carbonyl (C=O) groups excluding carboxylic acids is 3. The molecule has 0 aromatic heterocycles. The molecule has 0 bridgehead atoms. The van der Waals surface area contributed by atoms with E-state index in [4.69, 9.17) is 0 Å². The number of ether oxygens (including phenoxy) is 1. The van der Waals surface area contributed by atoms with E-state index in [-0.39, 0.29) is 12.3 Å². The number of esters is 1. The van der Waals surface area contributed by atoms with Gasteiger partial charge < -0.3 is 4.74 Å². The number of rotatable bonds is 4. The van der Waals surface area contributed by atoms with Gasteiger partial charge in [-0.05, 0) is 11.6 Å². The van der Waals surface area contributed by atoms with Crippen LogP contribution >= 0.6 is 0 Å². The van der Waals surface area contributed by atoms with Crippen LogP contribution in [0.3, 0.4) is 0 Å². The van der Waals surface area contributed by atoms with Crippen molar-refractivity contribution in [3.8, 4) is 0 Å². The van der Waals surface area contributed by atoms with Crippen molar-refractivity contribution in [1.82, 2.24) is 0 Å². The van der Waals surface area contributed by atoms with E-state index in [2.05, 4.69) is 4.74 Å². The Labute approximate surface area is 113 Å². The molecule has 7 nitrogen and oxygen atoms in total. The second-order valence-electron chi connectivity index (χ2n) is 4.09. The van der Waals surface area contributed by atoms with Crippen LogP contribution in [0.2, 0.25) is 0 Å². The molecule has 1 aromatic carbocycles. The van der Waals surface area contributed by atoms with Crippen LogP contribution < -0.4 is 0 Å². The second-order valence-corrected chi connectivity index (χ2v) is 4.09. The quantitative estimate of drug-likeness (QED) is 0.266. The average Bonchev–Trinajstić information content (AvgIpc) is 2.76. The molecule has 1 aliphatic heterocycles. The Balaban J connectivity index is 2.15. The molecule has 0 N–H and O–H groups in total. The third-order valence-corrected chi connectivity index (χ3v) is 2.72. The summed E-state index contributed by atoms with van der Waals surface area (Å²) in [6.07, 6.45) is 2.36. The summed E-state index contributed by atoms with van der Waals surface area (Å²) in [5.74, 6) is -3.54. The summed E-state index contributed by atoms with van der Waals surface area (Å²) in [5.41, 5.74) is 0.308. The predicted octanol–water partition coefficient (Wildman–Crippen LogP) is 0.919. The van der Waals surface area contributed by atoms with Crippen LogP contribution in [0.5, 0.6) is 0 Å². The first-order chi connectivity index (χ1) is 9.49. The van der Waals surface area contributed by atoms with E-state index in [1.165, 1.54) is 24.3 Å².